The van der Waals surface area contributed by atoms with Crippen LogP contribution in [0, 0.1) is 0 Å². The molecule has 0 bridgehead atoms. The van der Waals surface area contributed by atoms with Crippen molar-refractivity contribution in [3.05, 3.63) is 45.7 Å². The molecule has 0 saturated heterocycles. The molecule has 0 amide bonds. The Hall–Kier alpha value is -2.18. The largest absolute Gasteiger partial charge is 0.454 e. The minimum absolute atomic E-state index is 0.0308. The summed E-state index contributed by atoms with van der Waals surface area (Å²) in [7, 11) is 0. The molecule has 8 heteroatoms. The van der Waals surface area contributed by atoms with E-state index in [-0.39, 0.29) is 34.9 Å². The van der Waals surface area contributed by atoms with Crippen LogP contribution in [0.15, 0.2) is 24.3 Å². The van der Waals surface area contributed by atoms with Crippen LogP contribution >= 0.6 is 23.2 Å². The van der Waals surface area contributed by atoms with Crippen molar-refractivity contribution >= 4 is 34.8 Å². The van der Waals surface area contributed by atoms with Crippen molar-refractivity contribution in [2.75, 3.05) is 6.79 Å². The van der Waals surface area contributed by atoms with Crippen molar-refractivity contribution in [3.63, 3.8) is 0 Å². The second-order valence-corrected chi connectivity index (χ2v) is 5.21. The Morgan fingerprint density at radius 3 is 2.64 bits per heavy atom. The summed E-state index contributed by atoms with van der Waals surface area (Å²) in [6, 6.07) is 6.02. The predicted octanol–water partition coefficient (Wildman–Crippen LogP) is 2.97. The second kappa shape index (κ2) is 5.90. The highest BCUT2D eigenvalue weighted by Crippen LogP contribution is 2.33. The normalized spacial score (nSPS) is 12.3. The number of ether oxygens (including phenoxy) is 2. The standard InChI is InChI=1S/C14H8Cl2N2O4/c15-13-4-8(14(16)18-17-13)10(20)5-9(19)7-1-2-11-12(3-7)22-6-21-11/h1-4H,5-6H2. The van der Waals surface area contributed by atoms with E-state index < -0.39 is 5.78 Å². The Morgan fingerprint density at radius 2 is 1.82 bits per heavy atom. The number of carbonyl (C=O) groups excluding carboxylic acids is 2. The SMILES string of the molecule is O=C(CC(=O)c1cc(Cl)nnc1Cl)c1ccc2c(c1)OCO2. The monoisotopic (exact) mass is 338 g/mol. The average Bonchev–Trinajstić information content (AvgIpc) is 2.97. The van der Waals surface area contributed by atoms with Crippen LogP contribution in [-0.4, -0.2) is 28.6 Å². The number of carbonyl (C=O) groups is 2. The molecule has 0 radical (unpaired) electrons. The zero-order valence-corrected chi connectivity index (χ0v) is 12.5. The molecular weight excluding hydrogens is 331 g/mol. The van der Waals surface area contributed by atoms with Crippen LogP contribution in [0.2, 0.25) is 10.3 Å². The quantitative estimate of drug-likeness (QED) is 0.629. The predicted molar refractivity (Wildman–Crippen MR) is 77.9 cm³/mol. The summed E-state index contributed by atoms with van der Waals surface area (Å²) < 4.78 is 10.4. The second-order valence-electron chi connectivity index (χ2n) is 4.46. The molecular formula is C14H8Cl2N2O4. The maximum atomic E-state index is 12.2. The Morgan fingerprint density at radius 1 is 1.05 bits per heavy atom. The number of rotatable bonds is 4. The van der Waals surface area contributed by atoms with E-state index in [9.17, 15) is 9.59 Å². The molecule has 2 heterocycles. The maximum absolute atomic E-state index is 12.2. The number of hydrogen-bond acceptors (Lipinski definition) is 6. The first kappa shape index (κ1) is 14.7. The Kier molecular flexibility index (Phi) is 3.96. The third kappa shape index (κ3) is 2.88. The van der Waals surface area contributed by atoms with E-state index in [0.29, 0.717) is 17.1 Å². The fraction of sp³-hybridized carbons (Fsp3) is 0.143. The van der Waals surface area contributed by atoms with Crippen LogP contribution in [-0.2, 0) is 0 Å². The minimum Gasteiger partial charge on any atom is -0.454 e. The van der Waals surface area contributed by atoms with Gasteiger partial charge in [-0.15, -0.1) is 10.2 Å². The van der Waals surface area contributed by atoms with E-state index >= 15 is 0 Å². The van der Waals surface area contributed by atoms with Gasteiger partial charge in [0, 0.05) is 5.56 Å². The summed E-state index contributed by atoms with van der Waals surface area (Å²) in [5.74, 6) is 0.192. The Bertz CT molecular complexity index is 779. The third-order valence-electron chi connectivity index (χ3n) is 3.04. The molecule has 22 heavy (non-hydrogen) atoms. The summed E-state index contributed by atoms with van der Waals surface area (Å²) in [6.45, 7) is 0.114. The summed E-state index contributed by atoms with van der Waals surface area (Å²) in [6.07, 6.45) is -0.360. The number of halogens is 2. The summed E-state index contributed by atoms with van der Waals surface area (Å²) in [5, 5.41) is 7.00. The van der Waals surface area contributed by atoms with Gasteiger partial charge < -0.3 is 9.47 Å². The highest BCUT2D eigenvalue weighted by atomic mass is 35.5. The van der Waals surface area contributed by atoms with Gasteiger partial charge >= 0.3 is 0 Å². The molecule has 6 nitrogen and oxygen atoms in total. The zero-order chi connectivity index (χ0) is 15.7. The van der Waals surface area contributed by atoms with Crippen molar-refractivity contribution in [1.29, 1.82) is 0 Å². The molecule has 1 aliphatic heterocycles. The van der Waals surface area contributed by atoms with Crippen LogP contribution in [0.4, 0.5) is 0 Å². The summed E-state index contributed by atoms with van der Waals surface area (Å²) in [5.41, 5.74) is 0.414. The van der Waals surface area contributed by atoms with Crippen LogP contribution in [0.1, 0.15) is 27.1 Å². The van der Waals surface area contributed by atoms with E-state index in [1.807, 2.05) is 0 Å². The molecule has 0 atom stereocenters. The molecule has 3 rings (SSSR count). The van der Waals surface area contributed by atoms with Crippen molar-refractivity contribution in [3.8, 4) is 11.5 Å². The van der Waals surface area contributed by atoms with Crippen molar-refractivity contribution in [2.45, 2.75) is 6.42 Å². The number of benzene rings is 1. The molecule has 2 aromatic rings. The Balaban J connectivity index is 1.79. The van der Waals surface area contributed by atoms with Gasteiger partial charge in [-0.3, -0.25) is 9.59 Å². The molecule has 0 spiro atoms. The van der Waals surface area contributed by atoms with Crippen LogP contribution in [0.5, 0.6) is 11.5 Å². The molecule has 112 valence electrons. The lowest BCUT2D eigenvalue weighted by Gasteiger charge is -2.04. The average molecular weight is 339 g/mol. The smallest absolute Gasteiger partial charge is 0.231 e. The fourth-order valence-electron chi connectivity index (χ4n) is 1.96. The molecule has 1 aromatic carbocycles. The molecule has 0 aliphatic carbocycles. The van der Waals surface area contributed by atoms with Gasteiger partial charge in [-0.2, -0.15) is 0 Å². The maximum Gasteiger partial charge on any atom is 0.231 e. The van der Waals surface area contributed by atoms with E-state index in [1.54, 1.807) is 12.1 Å². The van der Waals surface area contributed by atoms with Gasteiger partial charge in [0.25, 0.3) is 0 Å². The van der Waals surface area contributed by atoms with E-state index in [4.69, 9.17) is 32.7 Å². The summed E-state index contributed by atoms with van der Waals surface area (Å²) >= 11 is 11.5. The zero-order valence-electron chi connectivity index (χ0n) is 11.0. The number of hydrogen-bond donors (Lipinski definition) is 0. The number of Topliss-reactive ketones (excluding diaryl/α,β-unsaturated/α-hetero) is 2. The number of nitrogens with zero attached hydrogens (tertiary/aromatic N) is 2. The highest BCUT2D eigenvalue weighted by Gasteiger charge is 2.20. The van der Waals surface area contributed by atoms with Crippen molar-refractivity contribution in [2.24, 2.45) is 0 Å². The lowest BCUT2D eigenvalue weighted by atomic mass is 10.0. The fourth-order valence-corrected chi connectivity index (χ4v) is 2.31. The first-order valence-corrected chi connectivity index (χ1v) is 6.95. The molecule has 0 saturated carbocycles. The van der Waals surface area contributed by atoms with E-state index in [1.165, 1.54) is 12.1 Å². The lowest BCUT2D eigenvalue weighted by Crippen LogP contribution is -2.10. The van der Waals surface area contributed by atoms with Crippen molar-refractivity contribution in [1.82, 2.24) is 10.2 Å². The molecule has 1 aliphatic rings. The number of aromatic nitrogens is 2. The first-order chi connectivity index (χ1) is 10.5. The van der Waals surface area contributed by atoms with Crippen LogP contribution in [0.3, 0.4) is 0 Å². The number of fused-ring (bicyclic) bond motifs is 1. The van der Waals surface area contributed by atoms with Gasteiger partial charge in [-0.05, 0) is 24.3 Å². The van der Waals surface area contributed by atoms with Crippen LogP contribution in [0.25, 0.3) is 0 Å². The first-order valence-electron chi connectivity index (χ1n) is 6.19. The lowest BCUT2D eigenvalue weighted by molar-refractivity contribution is 0.0893. The van der Waals surface area contributed by atoms with Gasteiger partial charge in [-0.25, -0.2) is 0 Å². The topological polar surface area (TPSA) is 78.4 Å². The van der Waals surface area contributed by atoms with Gasteiger partial charge in [0.1, 0.15) is 0 Å². The van der Waals surface area contributed by atoms with Gasteiger partial charge in [-0.1, -0.05) is 23.2 Å². The number of ketones is 2. The highest BCUT2D eigenvalue weighted by molar-refractivity contribution is 6.34. The molecule has 0 unspecified atom stereocenters. The molecule has 1 aromatic heterocycles. The Labute approximate surface area is 135 Å². The van der Waals surface area contributed by atoms with Gasteiger partial charge in [0.15, 0.2) is 33.4 Å². The van der Waals surface area contributed by atoms with Crippen LogP contribution < -0.4 is 9.47 Å². The molecule has 0 fully saturated rings. The minimum atomic E-state index is -0.482. The third-order valence-corrected chi connectivity index (χ3v) is 3.50. The summed E-state index contributed by atoms with van der Waals surface area (Å²) in [4.78, 5) is 24.3. The molecule has 0 N–H and O–H groups in total. The van der Waals surface area contributed by atoms with Gasteiger partial charge in [0.05, 0.1) is 12.0 Å². The van der Waals surface area contributed by atoms with Gasteiger partial charge in [0.2, 0.25) is 6.79 Å². The van der Waals surface area contributed by atoms with E-state index in [2.05, 4.69) is 10.2 Å². The van der Waals surface area contributed by atoms with E-state index in [0.717, 1.165) is 0 Å². The van der Waals surface area contributed by atoms with Crippen molar-refractivity contribution < 1.29 is 19.1 Å².